The van der Waals surface area contributed by atoms with E-state index in [1.54, 1.807) is 0 Å². The van der Waals surface area contributed by atoms with Gasteiger partial charge in [0.1, 0.15) is 0 Å². The van der Waals surface area contributed by atoms with Crippen molar-refractivity contribution in [3.8, 4) is 0 Å². The van der Waals surface area contributed by atoms with Gasteiger partial charge in [0.05, 0.1) is 11.7 Å². The maximum absolute atomic E-state index is 12.1. The molecule has 6 nitrogen and oxygen atoms in total. The molecule has 128 valence electrons. The zero-order valence-corrected chi connectivity index (χ0v) is 14.2. The molecule has 0 radical (unpaired) electrons. The minimum atomic E-state index is 0.0853. The predicted molar refractivity (Wildman–Crippen MR) is 89.4 cm³/mol. The van der Waals surface area contributed by atoms with E-state index in [1.165, 1.54) is 31.4 Å². The largest absolute Gasteiger partial charge is 0.338 e. The first kappa shape index (κ1) is 16.3. The van der Waals surface area contributed by atoms with Crippen LogP contribution in [0.4, 0.5) is 4.79 Å². The molecule has 0 unspecified atom stereocenters. The number of hydrogen-bond donors (Lipinski definition) is 1. The molecular weight excluding hydrogens is 290 g/mol. The Bertz CT molecular complexity index is 501. The number of amides is 2. The van der Waals surface area contributed by atoms with Gasteiger partial charge in [0.25, 0.3) is 0 Å². The van der Waals surface area contributed by atoms with Crippen molar-refractivity contribution in [2.45, 2.75) is 70.3 Å². The number of rotatable bonds is 5. The van der Waals surface area contributed by atoms with Gasteiger partial charge >= 0.3 is 6.03 Å². The monoisotopic (exact) mass is 319 g/mol. The molecule has 6 heteroatoms. The van der Waals surface area contributed by atoms with Crippen LogP contribution in [-0.2, 0) is 0 Å². The van der Waals surface area contributed by atoms with Crippen molar-refractivity contribution < 1.29 is 4.79 Å². The average Bonchev–Trinajstić information content (AvgIpc) is 3.26. The van der Waals surface area contributed by atoms with E-state index >= 15 is 0 Å². The van der Waals surface area contributed by atoms with Gasteiger partial charge in [-0.15, -0.1) is 5.10 Å². The van der Waals surface area contributed by atoms with Crippen molar-refractivity contribution in [3.05, 3.63) is 11.9 Å². The van der Waals surface area contributed by atoms with Crippen LogP contribution in [0.5, 0.6) is 0 Å². The molecule has 2 aliphatic rings. The van der Waals surface area contributed by atoms with Crippen LogP contribution in [-0.4, -0.2) is 45.6 Å². The maximum atomic E-state index is 12.1. The quantitative estimate of drug-likeness (QED) is 0.848. The lowest BCUT2D eigenvalue weighted by molar-refractivity contribution is 0.168. The molecule has 1 N–H and O–H groups in total. The van der Waals surface area contributed by atoms with Crippen molar-refractivity contribution >= 4 is 6.03 Å². The van der Waals surface area contributed by atoms with Crippen LogP contribution in [0, 0.1) is 0 Å². The summed E-state index contributed by atoms with van der Waals surface area (Å²) >= 11 is 0. The molecule has 1 aromatic heterocycles. The molecule has 0 spiro atoms. The molecule has 1 saturated heterocycles. The van der Waals surface area contributed by atoms with Gasteiger partial charge in [-0.25, -0.2) is 9.48 Å². The zero-order valence-electron chi connectivity index (χ0n) is 14.2. The van der Waals surface area contributed by atoms with Gasteiger partial charge in [0.15, 0.2) is 0 Å². The molecular formula is C17H29N5O. The lowest BCUT2D eigenvalue weighted by Crippen LogP contribution is -2.45. The van der Waals surface area contributed by atoms with Crippen LogP contribution >= 0.6 is 0 Å². The van der Waals surface area contributed by atoms with E-state index in [4.69, 9.17) is 0 Å². The second-order valence-electron chi connectivity index (χ2n) is 6.91. The summed E-state index contributed by atoms with van der Waals surface area (Å²) in [5, 5.41) is 11.8. The summed E-state index contributed by atoms with van der Waals surface area (Å²) in [4.78, 5) is 14.0. The Labute approximate surface area is 138 Å². The van der Waals surface area contributed by atoms with Gasteiger partial charge in [-0.1, -0.05) is 31.4 Å². The fourth-order valence-corrected chi connectivity index (χ4v) is 3.69. The third-order valence-corrected chi connectivity index (χ3v) is 5.23. The number of likely N-dealkylation sites (tertiary alicyclic amines) is 1. The minimum Gasteiger partial charge on any atom is -0.338 e. The smallest absolute Gasteiger partial charge is 0.317 e. The maximum Gasteiger partial charge on any atom is 0.317 e. The van der Waals surface area contributed by atoms with E-state index in [9.17, 15) is 4.79 Å². The highest BCUT2D eigenvalue weighted by Gasteiger charge is 2.26. The van der Waals surface area contributed by atoms with Crippen LogP contribution in [0.15, 0.2) is 6.20 Å². The number of aromatic nitrogens is 3. The Morgan fingerprint density at radius 1 is 1.26 bits per heavy atom. The third-order valence-electron chi connectivity index (χ3n) is 5.23. The Kier molecular flexibility index (Phi) is 5.51. The van der Waals surface area contributed by atoms with Crippen molar-refractivity contribution in [1.82, 2.24) is 25.2 Å². The predicted octanol–water partition coefficient (Wildman–Crippen LogP) is 3.08. The summed E-state index contributed by atoms with van der Waals surface area (Å²) in [7, 11) is 0. The number of nitrogens with one attached hydrogen (secondary N) is 1. The Morgan fingerprint density at radius 3 is 2.70 bits per heavy atom. The van der Waals surface area contributed by atoms with Gasteiger partial charge in [-0.3, -0.25) is 0 Å². The highest BCUT2D eigenvalue weighted by Crippen LogP contribution is 2.33. The van der Waals surface area contributed by atoms with Gasteiger partial charge < -0.3 is 10.2 Å². The standard InChI is InChI=1S/C17H29N5O/c1-2-3-10-18-17(23)21-11-8-15(9-12-21)22-13-16(19-20-22)14-6-4-5-7-14/h13-15H,2-12H2,1H3,(H,18,23). The first-order valence-electron chi connectivity index (χ1n) is 9.22. The van der Waals surface area contributed by atoms with Crippen molar-refractivity contribution in [2.75, 3.05) is 19.6 Å². The summed E-state index contributed by atoms with van der Waals surface area (Å²) in [6.45, 7) is 4.53. The highest BCUT2D eigenvalue weighted by atomic mass is 16.2. The number of carbonyl (C=O) groups excluding carboxylic acids is 1. The second kappa shape index (κ2) is 7.79. The summed E-state index contributed by atoms with van der Waals surface area (Å²) in [6, 6.07) is 0.472. The summed E-state index contributed by atoms with van der Waals surface area (Å²) in [5.41, 5.74) is 1.17. The molecule has 2 amide bonds. The highest BCUT2D eigenvalue weighted by molar-refractivity contribution is 5.74. The number of unbranched alkanes of at least 4 members (excludes halogenated alkanes) is 1. The van der Waals surface area contributed by atoms with Gasteiger partial charge in [0.2, 0.25) is 0 Å². The van der Waals surface area contributed by atoms with Crippen LogP contribution in [0.3, 0.4) is 0 Å². The van der Waals surface area contributed by atoms with E-state index < -0.39 is 0 Å². The Morgan fingerprint density at radius 2 is 2.00 bits per heavy atom. The van der Waals surface area contributed by atoms with Crippen LogP contribution in [0.2, 0.25) is 0 Å². The number of carbonyl (C=O) groups is 1. The third kappa shape index (κ3) is 4.03. The average molecular weight is 319 g/mol. The fourth-order valence-electron chi connectivity index (χ4n) is 3.69. The minimum absolute atomic E-state index is 0.0853. The van der Waals surface area contributed by atoms with Crippen molar-refractivity contribution in [2.24, 2.45) is 0 Å². The Hall–Kier alpha value is -1.59. The van der Waals surface area contributed by atoms with E-state index in [2.05, 4.69) is 28.7 Å². The van der Waals surface area contributed by atoms with E-state index in [1.807, 2.05) is 9.58 Å². The molecule has 3 rings (SSSR count). The molecule has 1 aliphatic heterocycles. The van der Waals surface area contributed by atoms with Gasteiger partial charge in [-0.2, -0.15) is 0 Å². The van der Waals surface area contributed by atoms with E-state index in [0.717, 1.165) is 45.3 Å². The summed E-state index contributed by atoms with van der Waals surface area (Å²) in [6.07, 6.45) is 11.4. The molecule has 1 aliphatic carbocycles. The second-order valence-corrected chi connectivity index (χ2v) is 6.91. The number of hydrogen-bond acceptors (Lipinski definition) is 3. The SMILES string of the molecule is CCCCNC(=O)N1CCC(n2cc(C3CCCC3)nn2)CC1. The van der Waals surface area contributed by atoms with E-state index in [0.29, 0.717) is 12.0 Å². The number of nitrogens with zero attached hydrogens (tertiary/aromatic N) is 4. The molecule has 1 aromatic rings. The molecule has 1 saturated carbocycles. The van der Waals surface area contributed by atoms with E-state index in [-0.39, 0.29) is 6.03 Å². The fraction of sp³-hybridized carbons (Fsp3) is 0.824. The van der Waals surface area contributed by atoms with Gasteiger partial charge in [-0.05, 0) is 32.1 Å². The molecule has 2 fully saturated rings. The van der Waals surface area contributed by atoms with Crippen molar-refractivity contribution in [1.29, 1.82) is 0 Å². The lowest BCUT2D eigenvalue weighted by atomic mass is 10.0. The van der Waals surface area contributed by atoms with Crippen molar-refractivity contribution in [3.63, 3.8) is 0 Å². The first-order chi connectivity index (χ1) is 11.3. The molecule has 23 heavy (non-hydrogen) atoms. The van der Waals surface area contributed by atoms with Gasteiger partial charge in [0, 0.05) is 31.7 Å². The molecule has 0 bridgehead atoms. The zero-order chi connectivity index (χ0) is 16.1. The molecule has 0 atom stereocenters. The lowest BCUT2D eigenvalue weighted by Gasteiger charge is -2.31. The Balaban J connectivity index is 1.48. The summed E-state index contributed by atoms with van der Waals surface area (Å²) in [5.74, 6) is 0.619. The molecule has 2 heterocycles. The van der Waals surface area contributed by atoms with Crippen LogP contribution in [0.25, 0.3) is 0 Å². The number of urea groups is 1. The van der Waals surface area contributed by atoms with Crippen LogP contribution < -0.4 is 5.32 Å². The summed E-state index contributed by atoms with van der Waals surface area (Å²) < 4.78 is 2.04. The van der Waals surface area contributed by atoms with Crippen LogP contribution in [0.1, 0.15) is 75.9 Å². The molecule has 0 aromatic carbocycles. The normalized spacial score (nSPS) is 20.1. The topological polar surface area (TPSA) is 63.1 Å². The first-order valence-corrected chi connectivity index (χ1v) is 9.22. The number of piperidine rings is 1.